The number of rotatable bonds is 4. The van der Waals surface area contributed by atoms with Crippen molar-refractivity contribution in [3.63, 3.8) is 0 Å². The van der Waals surface area contributed by atoms with Crippen molar-refractivity contribution in [2.75, 3.05) is 19.7 Å². The molecule has 4 heteroatoms. The summed E-state index contributed by atoms with van der Waals surface area (Å²) in [4.78, 5) is 28.6. The highest BCUT2D eigenvalue weighted by Crippen LogP contribution is 2.75. The summed E-state index contributed by atoms with van der Waals surface area (Å²) in [6, 6.07) is 0.428. The van der Waals surface area contributed by atoms with Gasteiger partial charge in [0.25, 0.3) is 0 Å². The number of fused-ring (bicyclic) bond motifs is 3. The Balaban J connectivity index is 1.53. The first-order valence-corrected chi connectivity index (χ1v) is 13.1. The number of ether oxygens (including phenoxy) is 1. The maximum absolute atomic E-state index is 13.1. The summed E-state index contributed by atoms with van der Waals surface area (Å²) < 4.78 is 5.62. The van der Waals surface area contributed by atoms with Crippen LogP contribution in [0.3, 0.4) is 0 Å². The van der Waals surface area contributed by atoms with E-state index in [2.05, 4.69) is 25.7 Å². The van der Waals surface area contributed by atoms with Crippen LogP contribution in [0.5, 0.6) is 0 Å². The Morgan fingerprint density at radius 1 is 1.00 bits per heavy atom. The zero-order valence-corrected chi connectivity index (χ0v) is 20.3. The summed E-state index contributed by atoms with van der Waals surface area (Å²) in [5.41, 5.74) is 0.185. The summed E-state index contributed by atoms with van der Waals surface area (Å²) in [6.45, 7) is 11.9. The van der Waals surface area contributed by atoms with Gasteiger partial charge in [-0.3, -0.25) is 9.69 Å². The molecule has 1 aliphatic heterocycles. The van der Waals surface area contributed by atoms with Gasteiger partial charge in [0.2, 0.25) is 0 Å². The van der Waals surface area contributed by atoms with Gasteiger partial charge in [-0.1, -0.05) is 20.3 Å². The van der Waals surface area contributed by atoms with Crippen molar-refractivity contribution in [1.82, 2.24) is 4.90 Å². The topological polar surface area (TPSA) is 46.6 Å². The quantitative estimate of drug-likeness (QED) is 0.453. The molecule has 4 nitrogen and oxygen atoms in total. The molecule has 0 amide bonds. The lowest BCUT2D eigenvalue weighted by molar-refractivity contribution is -0.191. The molecule has 31 heavy (non-hydrogen) atoms. The van der Waals surface area contributed by atoms with E-state index >= 15 is 0 Å². The lowest BCUT2D eigenvalue weighted by Crippen LogP contribution is -2.60. The average Bonchev–Trinajstić information content (AvgIpc) is 3.30. The van der Waals surface area contributed by atoms with Gasteiger partial charge in [-0.2, -0.15) is 0 Å². The van der Waals surface area contributed by atoms with Gasteiger partial charge in [0.1, 0.15) is 6.29 Å². The molecule has 5 rings (SSSR count). The van der Waals surface area contributed by atoms with E-state index in [9.17, 15) is 9.59 Å². The van der Waals surface area contributed by atoms with Crippen molar-refractivity contribution in [2.45, 2.75) is 97.9 Å². The van der Waals surface area contributed by atoms with Gasteiger partial charge in [-0.15, -0.1) is 0 Å². The molecule has 0 N–H and O–H groups in total. The van der Waals surface area contributed by atoms with Crippen molar-refractivity contribution >= 4 is 12.3 Å². The van der Waals surface area contributed by atoms with Crippen LogP contribution in [0.25, 0.3) is 0 Å². The molecule has 1 saturated heterocycles. The fourth-order valence-electron chi connectivity index (χ4n) is 10.3. The molecular weight excluding hydrogens is 386 g/mol. The van der Waals surface area contributed by atoms with E-state index in [0.717, 1.165) is 25.7 Å². The number of hydrogen-bond acceptors (Lipinski definition) is 4. The zero-order valence-electron chi connectivity index (χ0n) is 20.3. The molecule has 8 atom stereocenters. The Morgan fingerprint density at radius 3 is 2.39 bits per heavy atom. The molecule has 5 aliphatic rings. The molecule has 0 radical (unpaired) electrons. The van der Waals surface area contributed by atoms with Crippen LogP contribution in [0, 0.1) is 39.4 Å². The van der Waals surface area contributed by atoms with Crippen LogP contribution in [0.15, 0.2) is 0 Å². The molecule has 0 unspecified atom stereocenters. The Hall–Kier alpha value is -0.900. The number of esters is 1. The van der Waals surface area contributed by atoms with Crippen molar-refractivity contribution in [1.29, 1.82) is 0 Å². The van der Waals surface area contributed by atoms with Gasteiger partial charge in [0.05, 0.1) is 12.0 Å². The van der Waals surface area contributed by atoms with Crippen molar-refractivity contribution < 1.29 is 14.3 Å². The first-order chi connectivity index (χ1) is 14.7. The van der Waals surface area contributed by atoms with Gasteiger partial charge in [-0.05, 0) is 113 Å². The van der Waals surface area contributed by atoms with E-state index in [1.807, 2.05) is 6.92 Å². The van der Waals surface area contributed by atoms with Crippen LogP contribution in [-0.4, -0.2) is 42.9 Å². The first kappa shape index (κ1) is 21.9. The van der Waals surface area contributed by atoms with Crippen molar-refractivity contribution in [3.8, 4) is 0 Å². The van der Waals surface area contributed by atoms with Crippen LogP contribution >= 0.6 is 0 Å². The predicted molar refractivity (Wildman–Crippen MR) is 121 cm³/mol. The highest BCUT2D eigenvalue weighted by molar-refractivity contribution is 5.77. The van der Waals surface area contributed by atoms with E-state index in [0.29, 0.717) is 24.5 Å². The molecule has 0 aromatic heterocycles. The zero-order chi connectivity index (χ0) is 22.1. The summed E-state index contributed by atoms with van der Waals surface area (Å²) in [5.74, 6) is 1.13. The third kappa shape index (κ3) is 2.82. The molecule has 0 aromatic rings. The normalized spacial score (nSPS) is 51.7. The van der Waals surface area contributed by atoms with Gasteiger partial charge < -0.3 is 9.53 Å². The minimum atomic E-state index is -0.366. The fourth-order valence-corrected chi connectivity index (χ4v) is 10.3. The standard InChI is InChI=1S/C27H43NO3/c1-5-31-23(30)26(4)12-8-11-25(3)20(26)10-14-27-18-24(2,13-9-21(25)27)22(19(27)17-29)28-15-6-7-16-28/h17,19-22H,5-16,18H2,1-4H3/t19-,20+,21+,22-,24+,25-,26-,27-/m1/s1. The summed E-state index contributed by atoms with van der Waals surface area (Å²) in [7, 11) is 0. The second-order valence-corrected chi connectivity index (χ2v) is 12.6. The lowest BCUT2D eigenvalue weighted by atomic mass is 9.39. The Kier molecular flexibility index (Phi) is 5.16. The number of carbonyl (C=O) groups is 2. The molecule has 4 saturated carbocycles. The minimum absolute atomic E-state index is 0.0239. The maximum Gasteiger partial charge on any atom is 0.312 e. The SMILES string of the molecule is CCOC(=O)[C@]1(C)CCC[C@@]2(C)[C@@H]3CC[C@@]4(C)C[C@]3(CC[C@@H]21)[C@H](C=O)[C@H]4N1CCCC1. The van der Waals surface area contributed by atoms with E-state index in [1.165, 1.54) is 57.9 Å². The lowest BCUT2D eigenvalue weighted by Gasteiger charge is -2.64. The third-order valence-corrected chi connectivity index (χ3v) is 11.2. The van der Waals surface area contributed by atoms with Gasteiger partial charge in [-0.25, -0.2) is 0 Å². The largest absolute Gasteiger partial charge is 0.466 e. The summed E-state index contributed by atoms with van der Waals surface area (Å²) >= 11 is 0. The molecule has 2 bridgehead atoms. The molecule has 1 spiro atoms. The smallest absolute Gasteiger partial charge is 0.312 e. The third-order valence-electron chi connectivity index (χ3n) is 11.2. The van der Waals surface area contributed by atoms with Crippen LogP contribution in [0.4, 0.5) is 0 Å². The molecule has 0 aromatic carbocycles. The molecule has 5 fully saturated rings. The van der Waals surface area contributed by atoms with Gasteiger partial charge in [0.15, 0.2) is 0 Å². The summed E-state index contributed by atoms with van der Waals surface area (Å²) in [5, 5.41) is 0. The number of carbonyl (C=O) groups excluding carboxylic acids is 2. The number of nitrogens with zero attached hydrogens (tertiary/aromatic N) is 1. The Bertz CT molecular complexity index is 747. The van der Waals surface area contributed by atoms with E-state index in [1.54, 1.807) is 0 Å². The van der Waals surface area contributed by atoms with Gasteiger partial charge in [0, 0.05) is 12.0 Å². The minimum Gasteiger partial charge on any atom is -0.466 e. The molecular formula is C27H43NO3. The second-order valence-electron chi connectivity index (χ2n) is 12.6. The highest BCUT2D eigenvalue weighted by Gasteiger charge is 2.72. The fraction of sp³-hybridized carbons (Fsp3) is 0.926. The number of likely N-dealkylation sites (tertiary alicyclic amines) is 1. The van der Waals surface area contributed by atoms with Crippen LogP contribution in [0.1, 0.15) is 91.9 Å². The first-order valence-electron chi connectivity index (χ1n) is 13.1. The number of hydrogen-bond donors (Lipinski definition) is 0. The van der Waals surface area contributed by atoms with Crippen LogP contribution in [0.2, 0.25) is 0 Å². The average molecular weight is 430 g/mol. The van der Waals surface area contributed by atoms with Crippen LogP contribution < -0.4 is 0 Å². The van der Waals surface area contributed by atoms with E-state index in [-0.39, 0.29) is 33.5 Å². The second kappa shape index (κ2) is 7.30. The van der Waals surface area contributed by atoms with Crippen molar-refractivity contribution in [2.24, 2.45) is 39.4 Å². The molecule has 174 valence electrons. The van der Waals surface area contributed by atoms with Gasteiger partial charge >= 0.3 is 5.97 Å². The monoisotopic (exact) mass is 429 g/mol. The predicted octanol–water partition coefficient (Wildman–Crippen LogP) is 5.24. The van der Waals surface area contributed by atoms with E-state index < -0.39 is 0 Å². The Morgan fingerprint density at radius 2 is 1.71 bits per heavy atom. The molecule has 1 heterocycles. The molecule has 4 aliphatic carbocycles. The van der Waals surface area contributed by atoms with E-state index in [4.69, 9.17) is 4.74 Å². The Labute approximate surface area is 188 Å². The van der Waals surface area contributed by atoms with Crippen molar-refractivity contribution in [3.05, 3.63) is 0 Å². The maximum atomic E-state index is 13.1. The number of aldehydes is 1. The highest BCUT2D eigenvalue weighted by atomic mass is 16.5. The van der Waals surface area contributed by atoms with Crippen LogP contribution in [-0.2, 0) is 14.3 Å². The summed E-state index contributed by atoms with van der Waals surface area (Å²) in [6.07, 6.45) is 13.1.